The molecule has 104 valence electrons. The fourth-order valence-electron chi connectivity index (χ4n) is 2.97. The second-order valence-electron chi connectivity index (χ2n) is 6.89. The third-order valence-electron chi connectivity index (χ3n) is 4.93. The number of aliphatic hydroxyl groups excluding tert-OH is 1. The number of hydrogen-bond donors (Lipinski definition) is 1. The summed E-state index contributed by atoms with van der Waals surface area (Å²) in [4.78, 5) is 0. The normalized spacial score (nSPS) is 29.5. The van der Waals surface area contributed by atoms with E-state index in [9.17, 15) is 5.11 Å². The lowest BCUT2D eigenvalue weighted by Crippen LogP contribution is -2.41. The second-order valence-corrected chi connectivity index (χ2v) is 6.89. The zero-order chi connectivity index (χ0) is 13.4. The minimum Gasteiger partial charge on any atom is -0.403 e. The van der Waals surface area contributed by atoms with Gasteiger partial charge in [-0.05, 0) is 46.5 Å². The molecule has 3 nitrogen and oxygen atoms in total. The molecule has 1 aliphatic carbocycles. The van der Waals surface area contributed by atoms with Gasteiger partial charge in [-0.1, -0.05) is 19.3 Å². The van der Waals surface area contributed by atoms with Crippen LogP contribution in [0.5, 0.6) is 0 Å². The van der Waals surface area contributed by atoms with Crippen LogP contribution < -0.4 is 0 Å². The first-order valence-electron chi connectivity index (χ1n) is 7.35. The van der Waals surface area contributed by atoms with E-state index in [1.54, 1.807) is 0 Å². The molecule has 0 aromatic rings. The van der Waals surface area contributed by atoms with Crippen molar-refractivity contribution in [3.05, 3.63) is 0 Å². The Bertz CT molecular complexity index is 269. The van der Waals surface area contributed by atoms with Crippen molar-refractivity contribution < 1.29 is 14.4 Å². The molecule has 1 unspecified atom stereocenters. The van der Waals surface area contributed by atoms with Gasteiger partial charge in [0.1, 0.15) is 0 Å². The highest BCUT2D eigenvalue weighted by atomic mass is 16.7. The lowest BCUT2D eigenvalue weighted by molar-refractivity contribution is 0.00578. The molecule has 1 aliphatic heterocycles. The van der Waals surface area contributed by atoms with Crippen molar-refractivity contribution in [2.24, 2.45) is 5.92 Å². The van der Waals surface area contributed by atoms with E-state index >= 15 is 0 Å². The minimum atomic E-state index is -0.288. The van der Waals surface area contributed by atoms with Gasteiger partial charge in [0.15, 0.2) is 0 Å². The third kappa shape index (κ3) is 2.92. The van der Waals surface area contributed by atoms with E-state index in [1.807, 2.05) is 0 Å². The number of aliphatic hydroxyl groups is 1. The van der Waals surface area contributed by atoms with Crippen LogP contribution in [0.4, 0.5) is 0 Å². The van der Waals surface area contributed by atoms with E-state index in [1.165, 1.54) is 19.3 Å². The molecule has 2 aliphatic rings. The lowest BCUT2D eigenvalue weighted by atomic mass is 9.74. The fourth-order valence-corrected chi connectivity index (χ4v) is 2.97. The average molecular weight is 254 g/mol. The van der Waals surface area contributed by atoms with Crippen LogP contribution in [0.2, 0.25) is 6.32 Å². The summed E-state index contributed by atoms with van der Waals surface area (Å²) in [7, 11) is -0.257. The van der Waals surface area contributed by atoms with Gasteiger partial charge in [-0.2, -0.15) is 0 Å². The van der Waals surface area contributed by atoms with Crippen molar-refractivity contribution in [3.8, 4) is 0 Å². The van der Waals surface area contributed by atoms with Gasteiger partial charge in [0.05, 0.1) is 17.3 Å². The van der Waals surface area contributed by atoms with Gasteiger partial charge in [0.2, 0.25) is 0 Å². The summed E-state index contributed by atoms with van der Waals surface area (Å²) >= 11 is 0. The lowest BCUT2D eigenvalue weighted by Gasteiger charge is -2.32. The van der Waals surface area contributed by atoms with Crippen molar-refractivity contribution >= 4 is 7.12 Å². The third-order valence-corrected chi connectivity index (χ3v) is 4.93. The molecule has 0 aromatic carbocycles. The zero-order valence-corrected chi connectivity index (χ0v) is 12.2. The molecule has 4 heteroatoms. The Morgan fingerprint density at radius 1 is 1.06 bits per heavy atom. The van der Waals surface area contributed by atoms with E-state index in [0.717, 1.165) is 12.8 Å². The Morgan fingerprint density at radius 3 is 2.06 bits per heavy atom. The fraction of sp³-hybridized carbons (Fsp3) is 1.00. The van der Waals surface area contributed by atoms with Crippen molar-refractivity contribution in [1.82, 2.24) is 0 Å². The maximum atomic E-state index is 10.3. The Balaban J connectivity index is 1.87. The highest BCUT2D eigenvalue weighted by Gasteiger charge is 2.51. The second kappa shape index (κ2) is 5.14. The molecule has 1 saturated heterocycles. The largest absolute Gasteiger partial charge is 0.460 e. The van der Waals surface area contributed by atoms with Gasteiger partial charge >= 0.3 is 7.12 Å². The van der Waals surface area contributed by atoms with Crippen LogP contribution in [0.25, 0.3) is 0 Å². The number of hydrogen-bond acceptors (Lipinski definition) is 3. The summed E-state index contributed by atoms with van der Waals surface area (Å²) in [5.41, 5.74) is -0.575. The topological polar surface area (TPSA) is 38.7 Å². The average Bonchev–Trinajstić information content (AvgIpc) is 2.48. The zero-order valence-electron chi connectivity index (χ0n) is 12.2. The molecule has 1 saturated carbocycles. The Labute approximate surface area is 111 Å². The van der Waals surface area contributed by atoms with E-state index < -0.39 is 0 Å². The van der Waals surface area contributed by atoms with Crippen molar-refractivity contribution in [1.29, 1.82) is 0 Å². The van der Waals surface area contributed by atoms with Crippen molar-refractivity contribution in [2.45, 2.75) is 83.4 Å². The maximum absolute atomic E-state index is 10.3. The highest BCUT2D eigenvalue weighted by molar-refractivity contribution is 6.45. The van der Waals surface area contributed by atoms with Gasteiger partial charge in [-0.25, -0.2) is 0 Å². The molecule has 1 heterocycles. The Morgan fingerprint density at radius 2 is 1.56 bits per heavy atom. The van der Waals surface area contributed by atoms with E-state index in [-0.39, 0.29) is 24.4 Å². The first-order chi connectivity index (χ1) is 8.32. The van der Waals surface area contributed by atoms with Crippen LogP contribution in [0.15, 0.2) is 0 Å². The van der Waals surface area contributed by atoms with Crippen LogP contribution in [0.3, 0.4) is 0 Å². The van der Waals surface area contributed by atoms with E-state index in [2.05, 4.69) is 27.7 Å². The molecule has 1 atom stereocenters. The summed E-state index contributed by atoms with van der Waals surface area (Å²) in [6.07, 6.45) is 6.47. The van der Waals surface area contributed by atoms with Crippen molar-refractivity contribution in [2.75, 3.05) is 0 Å². The molecule has 2 fully saturated rings. The molecule has 1 N–H and O–H groups in total. The predicted octanol–water partition coefficient (Wildman–Crippen LogP) is 3.02. The summed E-state index contributed by atoms with van der Waals surface area (Å²) in [5.74, 6) is 0.442. The molecule has 0 radical (unpaired) electrons. The monoisotopic (exact) mass is 254 g/mol. The summed E-state index contributed by atoms with van der Waals surface area (Å²) in [5, 5.41) is 10.3. The van der Waals surface area contributed by atoms with Crippen LogP contribution >= 0.6 is 0 Å². The quantitative estimate of drug-likeness (QED) is 0.787. The minimum absolute atomic E-state index is 0.257. The predicted molar refractivity (Wildman–Crippen MR) is 73.5 cm³/mol. The van der Waals surface area contributed by atoms with Gasteiger partial charge in [0, 0.05) is 6.32 Å². The van der Waals surface area contributed by atoms with Crippen LogP contribution in [0, 0.1) is 5.92 Å². The summed E-state index contributed by atoms with van der Waals surface area (Å²) in [6, 6.07) is 0. The molecule has 0 bridgehead atoms. The van der Waals surface area contributed by atoms with Gasteiger partial charge in [-0.15, -0.1) is 0 Å². The molecule has 0 spiro atoms. The summed E-state index contributed by atoms with van der Waals surface area (Å²) < 4.78 is 11.9. The van der Waals surface area contributed by atoms with E-state index in [0.29, 0.717) is 12.2 Å². The highest BCUT2D eigenvalue weighted by Crippen LogP contribution is 2.39. The van der Waals surface area contributed by atoms with E-state index in [4.69, 9.17) is 9.31 Å². The first-order valence-corrected chi connectivity index (χ1v) is 7.35. The van der Waals surface area contributed by atoms with Crippen LogP contribution in [-0.4, -0.2) is 29.5 Å². The standard InChI is InChI=1S/C14H27BO3/c1-13(2)14(3,4)18-15(17-13)10-12(16)11-8-6-5-7-9-11/h11-12,16H,5-10H2,1-4H3. The maximum Gasteiger partial charge on any atom is 0.460 e. The van der Waals surface area contributed by atoms with Crippen molar-refractivity contribution in [3.63, 3.8) is 0 Å². The van der Waals surface area contributed by atoms with Crippen LogP contribution in [0.1, 0.15) is 59.8 Å². The molecular weight excluding hydrogens is 227 g/mol. The smallest absolute Gasteiger partial charge is 0.403 e. The molecule has 0 aromatic heterocycles. The van der Waals surface area contributed by atoms with Gasteiger partial charge in [-0.3, -0.25) is 0 Å². The van der Waals surface area contributed by atoms with Gasteiger partial charge < -0.3 is 14.4 Å². The molecule has 18 heavy (non-hydrogen) atoms. The van der Waals surface area contributed by atoms with Gasteiger partial charge in [0.25, 0.3) is 0 Å². The summed E-state index contributed by atoms with van der Waals surface area (Å²) in [6.45, 7) is 8.22. The number of rotatable bonds is 3. The Hall–Kier alpha value is -0.0551. The molecule has 2 rings (SSSR count). The molecule has 0 amide bonds. The SMILES string of the molecule is CC1(C)OB(CC(O)C2CCCCC2)OC1(C)C. The first kappa shape index (κ1) is 14.4. The van der Waals surface area contributed by atoms with Crippen LogP contribution in [-0.2, 0) is 9.31 Å². The Kier molecular flexibility index (Phi) is 4.10. The molecular formula is C14H27BO3.